The van der Waals surface area contributed by atoms with E-state index in [4.69, 9.17) is 33.2 Å². The molecule has 18 atom stereocenters. The summed E-state index contributed by atoms with van der Waals surface area (Å²) in [6, 6.07) is 5.60. The molecule has 0 spiro atoms. The highest BCUT2D eigenvalue weighted by Crippen LogP contribution is 2.42. The summed E-state index contributed by atoms with van der Waals surface area (Å²) in [5.74, 6) is -5.34. The number of rotatable bonds is 14. The van der Waals surface area contributed by atoms with Crippen LogP contribution in [-0.2, 0) is 54.0 Å². The van der Waals surface area contributed by atoms with Gasteiger partial charge in [-0.15, -0.1) is 0 Å². The Morgan fingerprint density at radius 1 is 0.908 bits per heavy atom. The molecule has 3 aliphatic rings. The van der Waals surface area contributed by atoms with E-state index in [0.717, 1.165) is 5.56 Å². The van der Waals surface area contributed by atoms with Crippen LogP contribution < -0.4 is 5.32 Å². The van der Waals surface area contributed by atoms with E-state index in [-0.39, 0.29) is 43.2 Å². The Bertz CT molecular complexity index is 1710. The van der Waals surface area contributed by atoms with Gasteiger partial charge in [0, 0.05) is 63.9 Å². The Labute approximate surface area is 385 Å². The fourth-order valence-corrected chi connectivity index (χ4v) is 10.0. The van der Waals surface area contributed by atoms with Crippen molar-refractivity contribution in [3.8, 4) is 0 Å². The lowest BCUT2D eigenvalue weighted by molar-refractivity contribution is -0.319. The minimum atomic E-state index is -2.01. The molecule has 0 aliphatic carbocycles. The maximum absolute atomic E-state index is 14.4. The number of hydrogen-bond donors (Lipinski definition) is 5. The summed E-state index contributed by atoms with van der Waals surface area (Å²) in [7, 11) is 4.78. The lowest BCUT2D eigenvalue weighted by atomic mass is 9.74. The number of ketones is 1. The van der Waals surface area contributed by atoms with Crippen LogP contribution in [0.2, 0.25) is 0 Å². The third-order valence-corrected chi connectivity index (χ3v) is 14.5. The second-order valence-corrected chi connectivity index (χ2v) is 19.6. The third kappa shape index (κ3) is 13.1. The molecule has 5 N–H and O–H groups in total. The number of amides is 1. The van der Waals surface area contributed by atoms with E-state index >= 15 is 0 Å². The number of methoxy groups -OCH3 is 2. The van der Waals surface area contributed by atoms with Gasteiger partial charge in [-0.05, 0) is 92.0 Å². The molecule has 3 heterocycles. The summed E-state index contributed by atoms with van der Waals surface area (Å²) in [4.78, 5) is 43.4. The van der Waals surface area contributed by atoms with Gasteiger partial charge in [0.05, 0.1) is 47.6 Å². The molecule has 65 heavy (non-hydrogen) atoms. The highest BCUT2D eigenvalue weighted by atomic mass is 19.1. The maximum atomic E-state index is 14.4. The van der Waals surface area contributed by atoms with Crippen LogP contribution in [0.4, 0.5) is 4.39 Å². The molecule has 4 rings (SSSR count). The van der Waals surface area contributed by atoms with Crippen LogP contribution in [0.15, 0.2) is 24.3 Å². The van der Waals surface area contributed by atoms with Crippen molar-refractivity contribution in [2.45, 2.75) is 192 Å². The number of carbonyl (C=O) groups is 3. The summed E-state index contributed by atoms with van der Waals surface area (Å²) in [5.41, 5.74) is -3.54. The zero-order valence-corrected chi connectivity index (χ0v) is 40.8. The summed E-state index contributed by atoms with van der Waals surface area (Å²) in [6.07, 6.45) is -9.27. The van der Waals surface area contributed by atoms with Gasteiger partial charge in [-0.25, -0.2) is 4.39 Å². The first-order valence-electron chi connectivity index (χ1n) is 23.3. The molecular weight excluding hydrogens is 848 g/mol. The molecule has 0 bridgehead atoms. The van der Waals surface area contributed by atoms with Crippen molar-refractivity contribution in [3.63, 3.8) is 0 Å². The van der Waals surface area contributed by atoms with Gasteiger partial charge < -0.3 is 63.8 Å². The van der Waals surface area contributed by atoms with Gasteiger partial charge >= 0.3 is 5.97 Å². The normalized spacial score (nSPS) is 41.4. The van der Waals surface area contributed by atoms with Crippen LogP contribution in [0.1, 0.15) is 107 Å². The smallest absolute Gasteiger partial charge is 0.311 e. The van der Waals surface area contributed by atoms with E-state index in [1.54, 1.807) is 53.7 Å². The molecule has 1 aromatic rings. The molecule has 372 valence electrons. The first kappa shape index (κ1) is 54.9. The molecule has 1 amide bonds. The quantitative estimate of drug-likeness (QED) is 0.169. The SMILES string of the molecule is CC[C@H]1OC(=O)[C@H](C)[C@@H](O[C@H]2C[C@@](C)(OC)[C@@H](O)[C@H](C)O2)[C@H](C)[C@@H](O[C@@H]2O[C@H](C)C[C@H](N(C)CCC(=O)NCCc3ccc(F)cc3)[C@H]2O)[C@](C)(OC)C[C@@H](C)C(=O)[C@H](C)[C@@H](O)[C@]1(C)O. The first-order chi connectivity index (χ1) is 30.3. The van der Waals surface area contributed by atoms with Crippen molar-refractivity contribution in [2.75, 3.05) is 34.4 Å². The van der Waals surface area contributed by atoms with E-state index in [0.29, 0.717) is 25.9 Å². The van der Waals surface area contributed by atoms with Gasteiger partial charge in [0.15, 0.2) is 12.6 Å². The molecule has 0 aromatic heterocycles. The number of cyclic esters (lactones) is 1. The van der Waals surface area contributed by atoms with Crippen molar-refractivity contribution in [1.82, 2.24) is 10.2 Å². The van der Waals surface area contributed by atoms with Crippen LogP contribution in [0.3, 0.4) is 0 Å². The van der Waals surface area contributed by atoms with E-state index < -0.39 is 114 Å². The van der Waals surface area contributed by atoms with E-state index in [1.165, 1.54) is 40.2 Å². The number of halogens is 1. The van der Waals surface area contributed by atoms with Crippen LogP contribution in [-0.4, -0.2) is 162 Å². The lowest BCUT2D eigenvalue weighted by Gasteiger charge is -2.50. The Balaban J connectivity index is 1.70. The molecule has 3 saturated heterocycles. The number of aliphatic hydroxyl groups excluding tert-OH is 3. The number of Topliss-reactive ketones (excluding diaryl/α,β-unsaturated/α-hetero) is 1. The molecule has 1 aromatic carbocycles. The number of carbonyl (C=O) groups excluding carboxylic acids is 3. The summed E-state index contributed by atoms with van der Waals surface area (Å²) < 4.78 is 57.7. The van der Waals surface area contributed by atoms with E-state index in [9.17, 15) is 39.2 Å². The zero-order valence-electron chi connectivity index (χ0n) is 40.8. The monoisotopic (exact) mass is 927 g/mol. The van der Waals surface area contributed by atoms with Gasteiger partial charge in [0.2, 0.25) is 5.91 Å². The molecule has 17 heteroatoms. The van der Waals surface area contributed by atoms with Crippen LogP contribution in [0.5, 0.6) is 0 Å². The fraction of sp³-hybridized carbons (Fsp3) is 0.812. The Hall–Kier alpha value is -2.68. The average molecular weight is 927 g/mol. The van der Waals surface area contributed by atoms with Crippen molar-refractivity contribution in [1.29, 1.82) is 0 Å². The Kier molecular flexibility index (Phi) is 19.5. The molecule has 0 saturated carbocycles. The maximum Gasteiger partial charge on any atom is 0.311 e. The molecule has 16 nitrogen and oxygen atoms in total. The number of ether oxygens (including phenoxy) is 7. The highest BCUT2D eigenvalue weighted by Gasteiger charge is 2.54. The number of nitrogens with one attached hydrogen (secondary N) is 1. The van der Waals surface area contributed by atoms with Gasteiger partial charge in [-0.1, -0.05) is 39.8 Å². The summed E-state index contributed by atoms with van der Waals surface area (Å²) in [5, 5.41) is 49.3. The second-order valence-electron chi connectivity index (χ2n) is 19.6. The summed E-state index contributed by atoms with van der Waals surface area (Å²) >= 11 is 0. The molecule has 3 fully saturated rings. The van der Waals surface area contributed by atoms with Gasteiger partial charge in [0.25, 0.3) is 0 Å². The number of nitrogens with zero attached hydrogens (tertiary/aromatic N) is 1. The third-order valence-electron chi connectivity index (χ3n) is 14.5. The van der Waals surface area contributed by atoms with Crippen molar-refractivity contribution >= 4 is 17.7 Å². The van der Waals surface area contributed by atoms with Crippen molar-refractivity contribution < 1.29 is 72.4 Å². The van der Waals surface area contributed by atoms with Crippen LogP contribution in [0.25, 0.3) is 0 Å². The number of hydrogen-bond acceptors (Lipinski definition) is 15. The van der Waals surface area contributed by atoms with E-state index in [1.807, 2.05) is 25.8 Å². The Morgan fingerprint density at radius 2 is 1.54 bits per heavy atom. The molecule has 0 unspecified atom stereocenters. The van der Waals surface area contributed by atoms with Crippen LogP contribution in [0, 0.1) is 29.5 Å². The predicted molar refractivity (Wildman–Crippen MR) is 238 cm³/mol. The van der Waals surface area contributed by atoms with E-state index in [2.05, 4.69) is 5.32 Å². The predicted octanol–water partition coefficient (Wildman–Crippen LogP) is 3.70. The van der Waals surface area contributed by atoms with Gasteiger partial charge in [0.1, 0.15) is 35.5 Å². The van der Waals surface area contributed by atoms with Gasteiger partial charge in [-0.2, -0.15) is 0 Å². The second kappa shape index (κ2) is 23.1. The fourth-order valence-electron chi connectivity index (χ4n) is 10.0. The first-order valence-corrected chi connectivity index (χ1v) is 23.3. The summed E-state index contributed by atoms with van der Waals surface area (Å²) in [6.45, 7) is 17.5. The molecule has 0 radical (unpaired) electrons. The van der Waals surface area contributed by atoms with Crippen molar-refractivity contribution in [3.05, 3.63) is 35.6 Å². The molecule has 3 aliphatic heterocycles. The zero-order chi connectivity index (χ0) is 48.8. The lowest BCUT2D eigenvalue weighted by Crippen LogP contribution is -2.61. The highest BCUT2D eigenvalue weighted by molar-refractivity contribution is 5.83. The standard InChI is InChI=1S/C48H79FN2O14/c1-14-35-48(10,58)41(55)28(4)38(53)26(2)24-47(9,60-13)43(29(5)40(30(6)44(57)63-35)64-37-25-46(8,59-12)42(56)31(7)62-37)65-45-39(54)34(23-27(3)61-45)51(11)22-20-36(52)50-21-19-32-15-17-33(49)18-16-32/h15-18,26-31,34-35,37,39-43,45,54-56,58H,14,19-25H2,1-13H3,(H,50,52)/t26-,27-,28+,29+,30-,31+,34+,35-,37+,39-,40+,41-,42+,43-,45+,46-,47-,48-/m1/s1. The van der Waals surface area contributed by atoms with Crippen LogP contribution >= 0.6 is 0 Å². The Morgan fingerprint density at radius 3 is 2.14 bits per heavy atom. The number of aliphatic hydroxyl groups is 4. The number of likely N-dealkylation sites (N-methyl/N-ethyl adjacent to an activating group) is 1. The van der Waals surface area contributed by atoms with Gasteiger partial charge in [-0.3, -0.25) is 14.4 Å². The number of benzene rings is 1. The topological polar surface area (TPSA) is 212 Å². The minimum Gasteiger partial charge on any atom is -0.459 e. The average Bonchev–Trinajstić information content (AvgIpc) is 3.27. The molecular formula is C48H79FN2O14. The van der Waals surface area contributed by atoms with Crippen molar-refractivity contribution in [2.24, 2.45) is 23.7 Å². The number of esters is 1. The minimum absolute atomic E-state index is 0.0438. The largest absolute Gasteiger partial charge is 0.459 e.